The molecule has 1 saturated heterocycles. The molecule has 0 spiro atoms. The van der Waals surface area contributed by atoms with Crippen molar-refractivity contribution in [3.63, 3.8) is 0 Å². The quantitative estimate of drug-likeness (QED) is 0.624. The van der Waals surface area contributed by atoms with Crippen LogP contribution >= 0.6 is 0 Å². The van der Waals surface area contributed by atoms with E-state index in [0.717, 1.165) is 0 Å². The van der Waals surface area contributed by atoms with Gasteiger partial charge in [-0.25, -0.2) is 0 Å². The molecule has 1 aliphatic rings. The number of nitrogens with one attached hydrogen (secondary N) is 1. The van der Waals surface area contributed by atoms with Crippen molar-refractivity contribution < 1.29 is 34.0 Å². The van der Waals surface area contributed by atoms with Crippen LogP contribution in [0.2, 0.25) is 0 Å². The predicted molar refractivity (Wildman–Crippen MR) is 82.0 cm³/mol. The number of aliphatic hydroxyl groups is 2. The highest BCUT2D eigenvalue weighted by molar-refractivity contribution is 5.73. The van der Waals surface area contributed by atoms with E-state index in [-0.39, 0.29) is 0 Å². The standard InChI is InChI=1S/C16H21NO7/c1-9(19)17-13-15(22-10(2)20)14(21)12(8-18)24-16(13)23-11-6-4-3-5-7-11/h3-7,12-16,18,21H,8H2,1-2H3,(H,17,19). The van der Waals surface area contributed by atoms with E-state index < -0.39 is 49.1 Å². The zero-order chi connectivity index (χ0) is 17.7. The summed E-state index contributed by atoms with van der Waals surface area (Å²) in [5, 5.41) is 22.2. The van der Waals surface area contributed by atoms with Gasteiger partial charge in [0.05, 0.1) is 6.61 Å². The lowest BCUT2D eigenvalue weighted by Gasteiger charge is -2.43. The van der Waals surface area contributed by atoms with Crippen LogP contribution in [0, 0.1) is 0 Å². The van der Waals surface area contributed by atoms with Crippen LogP contribution < -0.4 is 10.1 Å². The third kappa shape index (κ3) is 4.44. The van der Waals surface area contributed by atoms with Gasteiger partial charge in [-0.05, 0) is 12.1 Å². The maximum absolute atomic E-state index is 11.5. The topological polar surface area (TPSA) is 114 Å². The van der Waals surface area contributed by atoms with Crippen LogP contribution in [-0.4, -0.2) is 59.3 Å². The lowest BCUT2D eigenvalue weighted by molar-refractivity contribution is -0.249. The summed E-state index contributed by atoms with van der Waals surface area (Å²) < 4.78 is 16.4. The molecule has 2 rings (SSSR count). The number of carbonyl (C=O) groups excluding carboxylic acids is 2. The van der Waals surface area contributed by atoms with Gasteiger partial charge < -0.3 is 29.7 Å². The molecule has 132 valence electrons. The van der Waals surface area contributed by atoms with Crippen molar-refractivity contribution in [2.45, 2.75) is 44.5 Å². The molecule has 0 aromatic heterocycles. The Morgan fingerprint density at radius 2 is 1.92 bits per heavy atom. The van der Waals surface area contributed by atoms with E-state index in [1.54, 1.807) is 24.3 Å². The first kappa shape index (κ1) is 18.2. The van der Waals surface area contributed by atoms with Crippen molar-refractivity contribution in [2.75, 3.05) is 6.61 Å². The fraction of sp³-hybridized carbons (Fsp3) is 0.500. The van der Waals surface area contributed by atoms with Crippen LogP contribution in [0.15, 0.2) is 30.3 Å². The van der Waals surface area contributed by atoms with E-state index in [4.69, 9.17) is 14.2 Å². The fourth-order valence-electron chi connectivity index (χ4n) is 2.52. The summed E-state index contributed by atoms with van der Waals surface area (Å²) >= 11 is 0. The second kappa shape index (κ2) is 8.09. The zero-order valence-corrected chi connectivity index (χ0v) is 13.4. The number of carbonyl (C=O) groups is 2. The molecule has 3 N–H and O–H groups in total. The first-order valence-corrected chi connectivity index (χ1v) is 7.52. The summed E-state index contributed by atoms with van der Waals surface area (Å²) in [5.74, 6) is -0.573. The van der Waals surface area contributed by atoms with Crippen LogP contribution in [-0.2, 0) is 19.1 Å². The number of rotatable bonds is 5. The third-order valence-corrected chi connectivity index (χ3v) is 3.52. The summed E-state index contributed by atoms with van der Waals surface area (Å²) in [6.45, 7) is 1.98. The van der Waals surface area contributed by atoms with Gasteiger partial charge in [-0.1, -0.05) is 18.2 Å². The minimum Gasteiger partial charge on any atom is -0.463 e. The molecule has 0 aliphatic carbocycles. The number of aliphatic hydroxyl groups excluding tert-OH is 2. The first-order chi connectivity index (χ1) is 11.4. The van der Waals surface area contributed by atoms with Crippen molar-refractivity contribution in [1.82, 2.24) is 5.32 Å². The number of hydrogen-bond donors (Lipinski definition) is 3. The minimum atomic E-state index is -1.31. The van der Waals surface area contributed by atoms with Gasteiger partial charge in [0.1, 0.15) is 24.0 Å². The number of amides is 1. The normalized spacial score (nSPS) is 29.6. The molecule has 24 heavy (non-hydrogen) atoms. The lowest BCUT2D eigenvalue weighted by atomic mass is 9.96. The molecule has 0 radical (unpaired) electrons. The molecule has 1 aromatic carbocycles. The molecule has 1 aliphatic heterocycles. The Labute approximate surface area is 139 Å². The Morgan fingerprint density at radius 1 is 1.25 bits per heavy atom. The summed E-state index contributed by atoms with van der Waals surface area (Å²) in [6.07, 6.45) is -4.51. The average molecular weight is 339 g/mol. The number of para-hydroxylation sites is 1. The molecular weight excluding hydrogens is 318 g/mol. The van der Waals surface area contributed by atoms with Crippen LogP contribution in [0.5, 0.6) is 5.75 Å². The highest BCUT2D eigenvalue weighted by atomic mass is 16.7. The minimum absolute atomic E-state index is 0.405. The monoisotopic (exact) mass is 339 g/mol. The summed E-state index contributed by atoms with van der Waals surface area (Å²) in [5.41, 5.74) is 0. The SMILES string of the molecule is CC(=O)NC1C(Oc2ccccc2)OC(CO)C(O)C1OC(C)=O. The van der Waals surface area contributed by atoms with Crippen molar-refractivity contribution >= 4 is 11.9 Å². The molecule has 0 bridgehead atoms. The van der Waals surface area contributed by atoms with E-state index in [2.05, 4.69) is 5.32 Å². The van der Waals surface area contributed by atoms with Crippen LogP contribution in [0.25, 0.3) is 0 Å². The van der Waals surface area contributed by atoms with Gasteiger partial charge in [-0.3, -0.25) is 9.59 Å². The van der Waals surface area contributed by atoms with Gasteiger partial charge in [0.2, 0.25) is 12.2 Å². The Kier molecular flexibility index (Phi) is 6.13. The summed E-state index contributed by atoms with van der Waals surface area (Å²) in [7, 11) is 0. The van der Waals surface area contributed by atoms with Gasteiger partial charge in [0.15, 0.2) is 6.10 Å². The maximum atomic E-state index is 11.5. The molecule has 1 amide bonds. The van der Waals surface area contributed by atoms with Crippen molar-refractivity contribution in [1.29, 1.82) is 0 Å². The third-order valence-electron chi connectivity index (χ3n) is 3.52. The molecule has 0 saturated carbocycles. The molecule has 8 heteroatoms. The number of esters is 1. The number of benzene rings is 1. The van der Waals surface area contributed by atoms with Crippen LogP contribution in [0.4, 0.5) is 0 Å². The van der Waals surface area contributed by atoms with Gasteiger partial charge >= 0.3 is 5.97 Å². The molecule has 5 unspecified atom stereocenters. The smallest absolute Gasteiger partial charge is 0.303 e. The lowest BCUT2D eigenvalue weighted by Crippen LogP contribution is -2.66. The van der Waals surface area contributed by atoms with E-state index in [9.17, 15) is 19.8 Å². The van der Waals surface area contributed by atoms with Crippen molar-refractivity contribution in [3.05, 3.63) is 30.3 Å². The zero-order valence-electron chi connectivity index (χ0n) is 13.4. The number of hydrogen-bond acceptors (Lipinski definition) is 7. The Balaban J connectivity index is 2.28. The molecule has 5 atom stereocenters. The Hall–Kier alpha value is -2.16. The average Bonchev–Trinajstić information content (AvgIpc) is 2.53. The second-order valence-corrected chi connectivity index (χ2v) is 5.45. The molecule has 1 heterocycles. The van der Waals surface area contributed by atoms with Crippen molar-refractivity contribution in [3.8, 4) is 5.75 Å². The summed E-state index contributed by atoms with van der Waals surface area (Å²) in [6, 6.07) is 7.76. The van der Waals surface area contributed by atoms with Crippen molar-refractivity contribution in [2.24, 2.45) is 0 Å². The second-order valence-electron chi connectivity index (χ2n) is 5.45. The van der Waals surface area contributed by atoms with E-state index >= 15 is 0 Å². The van der Waals surface area contributed by atoms with Crippen LogP contribution in [0.1, 0.15) is 13.8 Å². The van der Waals surface area contributed by atoms with E-state index in [1.165, 1.54) is 13.8 Å². The predicted octanol–water partition coefficient (Wildman–Crippen LogP) is -0.420. The summed E-state index contributed by atoms with van der Waals surface area (Å²) in [4.78, 5) is 22.9. The highest BCUT2D eigenvalue weighted by Gasteiger charge is 2.48. The molecular formula is C16H21NO7. The Morgan fingerprint density at radius 3 is 2.46 bits per heavy atom. The fourth-order valence-corrected chi connectivity index (χ4v) is 2.52. The van der Waals surface area contributed by atoms with Gasteiger partial charge in [-0.15, -0.1) is 0 Å². The van der Waals surface area contributed by atoms with Crippen LogP contribution in [0.3, 0.4) is 0 Å². The number of ether oxygens (including phenoxy) is 3. The van der Waals surface area contributed by atoms with Gasteiger partial charge in [-0.2, -0.15) is 0 Å². The highest BCUT2D eigenvalue weighted by Crippen LogP contribution is 2.26. The van der Waals surface area contributed by atoms with Gasteiger partial charge in [0, 0.05) is 13.8 Å². The Bertz CT molecular complexity index is 565. The molecule has 1 fully saturated rings. The molecule has 8 nitrogen and oxygen atoms in total. The first-order valence-electron chi connectivity index (χ1n) is 7.52. The van der Waals surface area contributed by atoms with E-state index in [0.29, 0.717) is 5.75 Å². The largest absolute Gasteiger partial charge is 0.463 e. The van der Waals surface area contributed by atoms with Gasteiger partial charge in [0.25, 0.3) is 0 Å². The maximum Gasteiger partial charge on any atom is 0.303 e. The van der Waals surface area contributed by atoms with E-state index in [1.807, 2.05) is 6.07 Å². The molecule has 1 aromatic rings.